The molecule has 0 spiro atoms. The van der Waals surface area contributed by atoms with Crippen LogP contribution in [0.1, 0.15) is 24.5 Å². The second-order valence-electron chi connectivity index (χ2n) is 9.66. The second-order valence-corrected chi connectivity index (χ2v) is 11.3. The summed E-state index contributed by atoms with van der Waals surface area (Å²) in [4.78, 5) is 20.4. The quantitative estimate of drug-likeness (QED) is 0.163. The summed E-state index contributed by atoms with van der Waals surface area (Å²) in [5, 5.41) is 3.33. The van der Waals surface area contributed by atoms with E-state index in [9.17, 15) is 13.6 Å². The van der Waals surface area contributed by atoms with Gasteiger partial charge in [0.25, 0.3) is 0 Å². The molecule has 1 aliphatic rings. The molecule has 9 nitrogen and oxygen atoms in total. The molecule has 0 saturated carbocycles. The van der Waals surface area contributed by atoms with Gasteiger partial charge in [0.15, 0.2) is 11.9 Å². The van der Waals surface area contributed by atoms with Crippen LogP contribution < -0.4 is 5.73 Å². The minimum atomic E-state index is -1.60. The predicted octanol–water partition coefficient (Wildman–Crippen LogP) is 4.95. The Labute approximate surface area is 251 Å². The van der Waals surface area contributed by atoms with Crippen molar-refractivity contribution in [2.45, 2.75) is 42.3 Å². The number of nitrogens with zero attached hydrogens (tertiary/aromatic N) is 4. The molecular weight excluding hydrogens is 583 g/mol. The molecule has 0 radical (unpaired) electrons. The minimum Gasteiger partial charge on any atom is -0.451 e. The van der Waals surface area contributed by atoms with Crippen molar-refractivity contribution >= 4 is 36.2 Å². The van der Waals surface area contributed by atoms with E-state index in [1.807, 2.05) is 0 Å². The number of halogens is 3. The van der Waals surface area contributed by atoms with E-state index in [0.29, 0.717) is 11.3 Å². The lowest BCUT2D eigenvalue weighted by Crippen LogP contribution is -2.47. The van der Waals surface area contributed by atoms with E-state index in [2.05, 4.69) is 21.8 Å². The van der Waals surface area contributed by atoms with Gasteiger partial charge in [-0.05, 0) is 44.0 Å². The van der Waals surface area contributed by atoms with Gasteiger partial charge in [-0.15, -0.1) is 11.8 Å². The van der Waals surface area contributed by atoms with Crippen molar-refractivity contribution in [1.82, 2.24) is 14.8 Å². The third-order valence-electron chi connectivity index (χ3n) is 6.66. The van der Waals surface area contributed by atoms with Crippen LogP contribution >= 0.6 is 11.8 Å². The van der Waals surface area contributed by atoms with Gasteiger partial charge in [0.1, 0.15) is 30.1 Å². The average molecular weight is 616 g/mol. The van der Waals surface area contributed by atoms with E-state index < -0.39 is 40.6 Å². The van der Waals surface area contributed by atoms with Crippen molar-refractivity contribution in [3.05, 3.63) is 95.9 Å². The van der Waals surface area contributed by atoms with Gasteiger partial charge in [-0.25, -0.2) is 22.8 Å². The molecule has 228 valence electrons. The Morgan fingerprint density at radius 3 is 2.67 bits per heavy atom. The second kappa shape index (κ2) is 15.1. The molecular formula is C30H32F3N5O4S. The summed E-state index contributed by atoms with van der Waals surface area (Å²) in [7, 11) is 0. The Balaban J connectivity index is 1.46. The van der Waals surface area contributed by atoms with Gasteiger partial charge < -0.3 is 19.9 Å². The van der Waals surface area contributed by atoms with Gasteiger partial charge in [-0.3, -0.25) is 9.79 Å². The van der Waals surface area contributed by atoms with Gasteiger partial charge in [-0.1, -0.05) is 18.2 Å². The maximum absolute atomic E-state index is 15.3. The van der Waals surface area contributed by atoms with Crippen molar-refractivity contribution < 1.29 is 32.2 Å². The van der Waals surface area contributed by atoms with E-state index >= 15 is 4.39 Å². The van der Waals surface area contributed by atoms with Crippen LogP contribution in [0.5, 0.6) is 0 Å². The summed E-state index contributed by atoms with van der Waals surface area (Å²) < 4.78 is 62.4. The van der Waals surface area contributed by atoms with Crippen LogP contribution in [-0.2, 0) is 31.2 Å². The van der Waals surface area contributed by atoms with Crippen molar-refractivity contribution in [1.29, 1.82) is 0 Å². The molecule has 1 saturated heterocycles. The lowest BCUT2D eigenvalue weighted by molar-refractivity contribution is -0.163. The van der Waals surface area contributed by atoms with Crippen molar-refractivity contribution in [2.24, 2.45) is 10.7 Å². The molecule has 13 heteroatoms. The molecule has 2 aromatic carbocycles. The fourth-order valence-corrected chi connectivity index (χ4v) is 5.88. The van der Waals surface area contributed by atoms with Crippen LogP contribution in [0.4, 0.5) is 18.9 Å². The number of esters is 1. The normalized spacial score (nSPS) is 19.4. The Kier molecular flexibility index (Phi) is 11.3. The Morgan fingerprint density at radius 1 is 1.23 bits per heavy atom. The third-order valence-corrected chi connectivity index (χ3v) is 8.11. The van der Waals surface area contributed by atoms with Crippen LogP contribution in [0.15, 0.2) is 72.3 Å². The first kappa shape index (κ1) is 32.1. The summed E-state index contributed by atoms with van der Waals surface area (Å²) in [6, 6.07) is 7.70. The molecule has 2 unspecified atom stereocenters. The molecule has 3 aromatic rings. The van der Waals surface area contributed by atoms with Crippen molar-refractivity contribution in [3.8, 4) is 0 Å². The van der Waals surface area contributed by atoms with E-state index in [0.717, 1.165) is 12.1 Å². The van der Waals surface area contributed by atoms with Crippen LogP contribution in [0.3, 0.4) is 0 Å². The molecule has 1 aliphatic heterocycles. The third kappa shape index (κ3) is 8.41. The molecule has 43 heavy (non-hydrogen) atoms. The maximum Gasteiger partial charge on any atom is 0.308 e. The number of allylic oxidation sites excluding steroid dienone is 2. The molecule has 1 aromatic heterocycles. The Hall–Kier alpha value is -3.78. The number of hydrogen-bond acceptors (Lipinski definition) is 9. The molecule has 2 atom stereocenters. The molecule has 2 N–H and O–H groups in total. The lowest BCUT2D eigenvalue weighted by atomic mass is 9.89. The molecule has 0 bridgehead atoms. The average Bonchev–Trinajstić information content (AvgIpc) is 3.49. The first-order valence-electron chi connectivity index (χ1n) is 13.4. The van der Waals surface area contributed by atoms with Crippen LogP contribution in [0.25, 0.3) is 6.08 Å². The van der Waals surface area contributed by atoms with E-state index in [1.165, 1.54) is 41.2 Å². The minimum absolute atomic E-state index is 0.00755. The zero-order chi connectivity index (χ0) is 30.8. The number of hydrogen-bond donors (Lipinski definition) is 1. The Bertz CT molecular complexity index is 1450. The number of thioether (sulfide) groups is 1. The van der Waals surface area contributed by atoms with Crippen LogP contribution in [-0.4, -0.2) is 64.0 Å². The number of benzene rings is 2. The van der Waals surface area contributed by atoms with Gasteiger partial charge >= 0.3 is 5.97 Å². The van der Waals surface area contributed by atoms with Gasteiger partial charge in [0, 0.05) is 35.1 Å². The largest absolute Gasteiger partial charge is 0.451 e. The fraction of sp³-hybridized carbons (Fsp3) is 0.333. The number of carbonyl (C=O) groups excluding carboxylic acids is 1. The topological polar surface area (TPSA) is 114 Å². The fourth-order valence-electron chi connectivity index (χ4n) is 4.52. The summed E-state index contributed by atoms with van der Waals surface area (Å²) in [5.41, 5.74) is 4.82. The zero-order valence-electron chi connectivity index (χ0n) is 23.4. The van der Waals surface area contributed by atoms with Crippen LogP contribution in [0, 0.1) is 17.5 Å². The summed E-state index contributed by atoms with van der Waals surface area (Å²) in [6.07, 6.45) is 8.66. The highest BCUT2D eigenvalue weighted by Gasteiger charge is 2.46. The Morgan fingerprint density at radius 2 is 2.02 bits per heavy atom. The summed E-state index contributed by atoms with van der Waals surface area (Å²) in [6.45, 7) is 5.68. The first-order valence-corrected chi connectivity index (χ1v) is 14.4. The molecule has 1 fully saturated rings. The van der Waals surface area contributed by atoms with E-state index in [-0.39, 0.29) is 43.5 Å². The van der Waals surface area contributed by atoms with Crippen molar-refractivity contribution in [3.63, 3.8) is 0 Å². The zero-order valence-corrected chi connectivity index (χ0v) is 24.3. The SMILES string of the molecule is C=Nc1ccc(/C=C/C=C/C2OCC(SC(C)C(Cn3cncn3)(OC(=O)CCN)c3ccc(F)cc3F)CO2)c(F)c1. The number of carbonyl (C=O) groups is 1. The van der Waals surface area contributed by atoms with Gasteiger partial charge in [0.2, 0.25) is 0 Å². The monoisotopic (exact) mass is 615 g/mol. The van der Waals surface area contributed by atoms with E-state index in [4.69, 9.17) is 19.9 Å². The van der Waals surface area contributed by atoms with Gasteiger partial charge in [0.05, 0.1) is 37.1 Å². The smallest absolute Gasteiger partial charge is 0.308 e. The number of aromatic nitrogens is 3. The van der Waals surface area contributed by atoms with Gasteiger partial charge in [-0.2, -0.15) is 5.10 Å². The highest BCUT2D eigenvalue weighted by molar-refractivity contribution is 8.00. The van der Waals surface area contributed by atoms with Crippen molar-refractivity contribution in [2.75, 3.05) is 19.8 Å². The standard InChI is InChI=1S/C30H32F3N5O4S/c1-20(43-24-15-40-29(41-16-24)6-4-3-5-21-7-9-23(35-2)14-26(21)32)30(42-28(39)11-12-34,17-38-19-36-18-37-38)25-10-8-22(31)13-27(25)33/h3-10,13-14,18-20,24,29H,2,11-12,15-17,34H2,1H3/b5-3+,6-4+. The highest BCUT2D eigenvalue weighted by atomic mass is 32.2. The summed E-state index contributed by atoms with van der Waals surface area (Å²) in [5.74, 6) is -2.68. The van der Waals surface area contributed by atoms with E-state index in [1.54, 1.807) is 43.4 Å². The predicted molar refractivity (Wildman–Crippen MR) is 158 cm³/mol. The lowest BCUT2D eigenvalue weighted by Gasteiger charge is -2.40. The number of nitrogens with two attached hydrogens (primary N) is 1. The summed E-state index contributed by atoms with van der Waals surface area (Å²) >= 11 is 1.38. The van der Waals surface area contributed by atoms with Crippen LogP contribution in [0.2, 0.25) is 0 Å². The highest BCUT2D eigenvalue weighted by Crippen LogP contribution is 2.42. The maximum atomic E-state index is 15.3. The molecule has 4 rings (SSSR count). The number of rotatable bonds is 13. The first-order chi connectivity index (χ1) is 20.7. The molecule has 0 aliphatic carbocycles. The molecule has 2 heterocycles. The number of aliphatic imine (C=N–C) groups is 1. The molecule has 0 amide bonds. The number of ether oxygens (including phenoxy) is 3.